The van der Waals surface area contributed by atoms with Gasteiger partial charge in [-0.25, -0.2) is 0 Å². The van der Waals surface area contributed by atoms with Gasteiger partial charge in [-0.05, 0) is 23.8 Å². The van der Waals surface area contributed by atoms with E-state index in [-0.39, 0.29) is 0 Å². The van der Waals surface area contributed by atoms with Crippen LogP contribution < -0.4 is 10.1 Å². The van der Waals surface area contributed by atoms with Gasteiger partial charge in [0, 0.05) is 49.6 Å². The second kappa shape index (κ2) is 9.44. The molecule has 4 rings (SSSR count). The lowest BCUT2D eigenvalue weighted by atomic mass is 10.0. The van der Waals surface area contributed by atoms with Crippen molar-refractivity contribution in [2.75, 3.05) is 40.0 Å². The fraction of sp³-hybridized carbons (Fsp3) is 0.417. The lowest BCUT2D eigenvalue weighted by Crippen LogP contribution is -2.42. The number of morpholine rings is 1. The summed E-state index contributed by atoms with van der Waals surface area (Å²) in [6, 6.07) is 17.0. The summed E-state index contributed by atoms with van der Waals surface area (Å²) in [5, 5.41) is 4.92. The molecule has 1 N–H and O–H groups in total. The van der Waals surface area contributed by atoms with Crippen molar-refractivity contribution < 1.29 is 13.9 Å². The van der Waals surface area contributed by atoms with Crippen LogP contribution >= 0.6 is 0 Å². The van der Waals surface area contributed by atoms with Gasteiger partial charge in [0.25, 0.3) is 0 Å². The van der Waals surface area contributed by atoms with Crippen molar-refractivity contribution in [3.05, 3.63) is 65.4 Å². The minimum atomic E-state index is 0.299. The number of aryl methyl sites for hydroxylation is 1. The number of rotatable bonds is 8. The van der Waals surface area contributed by atoms with Crippen molar-refractivity contribution in [3.8, 4) is 5.75 Å². The molecule has 0 aliphatic carbocycles. The number of benzene rings is 2. The Morgan fingerprint density at radius 3 is 2.55 bits per heavy atom. The van der Waals surface area contributed by atoms with E-state index in [0.717, 1.165) is 62.9 Å². The van der Waals surface area contributed by atoms with Gasteiger partial charge in [0.15, 0.2) is 0 Å². The van der Waals surface area contributed by atoms with E-state index in [1.165, 1.54) is 16.5 Å². The summed E-state index contributed by atoms with van der Waals surface area (Å²) < 4.78 is 17.0. The summed E-state index contributed by atoms with van der Waals surface area (Å²) in [6.45, 7) is 7.31. The molecule has 1 fully saturated rings. The molecule has 1 aromatic heterocycles. The first kappa shape index (κ1) is 20.0. The molecular formula is C24H30N2O3. The summed E-state index contributed by atoms with van der Waals surface area (Å²) in [7, 11) is 1.70. The molecule has 1 atom stereocenters. The average Bonchev–Trinajstić information content (AvgIpc) is 3.15. The Kier molecular flexibility index (Phi) is 6.49. The Labute approximate surface area is 172 Å². The molecule has 1 unspecified atom stereocenters. The number of methoxy groups -OCH3 is 1. The van der Waals surface area contributed by atoms with Gasteiger partial charge in [0.2, 0.25) is 0 Å². The molecule has 0 amide bonds. The van der Waals surface area contributed by atoms with Crippen LogP contribution in [0.1, 0.15) is 29.9 Å². The smallest absolute Gasteiger partial charge is 0.134 e. The van der Waals surface area contributed by atoms with Crippen molar-refractivity contribution in [3.63, 3.8) is 0 Å². The first-order chi connectivity index (χ1) is 14.3. The highest BCUT2D eigenvalue weighted by Gasteiger charge is 2.23. The summed E-state index contributed by atoms with van der Waals surface area (Å²) in [4.78, 5) is 2.51. The normalized spacial score (nSPS) is 16.2. The lowest BCUT2D eigenvalue weighted by molar-refractivity contribution is 0.0161. The summed E-state index contributed by atoms with van der Waals surface area (Å²) in [6.07, 6.45) is 0.900. The van der Waals surface area contributed by atoms with Gasteiger partial charge in [-0.3, -0.25) is 4.90 Å². The molecule has 0 saturated carbocycles. The largest absolute Gasteiger partial charge is 0.497 e. The number of hydrogen-bond acceptors (Lipinski definition) is 5. The van der Waals surface area contributed by atoms with Crippen molar-refractivity contribution in [1.82, 2.24) is 10.2 Å². The highest BCUT2D eigenvalue weighted by molar-refractivity contribution is 5.82. The molecular weight excluding hydrogens is 364 g/mol. The van der Waals surface area contributed by atoms with Gasteiger partial charge in [-0.2, -0.15) is 0 Å². The van der Waals surface area contributed by atoms with E-state index in [0.29, 0.717) is 6.04 Å². The van der Waals surface area contributed by atoms with Crippen molar-refractivity contribution in [1.29, 1.82) is 0 Å². The minimum Gasteiger partial charge on any atom is -0.497 e. The summed E-state index contributed by atoms with van der Waals surface area (Å²) >= 11 is 0. The minimum absolute atomic E-state index is 0.299. The van der Waals surface area contributed by atoms with Crippen LogP contribution in [0.15, 0.2) is 52.9 Å². The summed E-state index contributed by atoms with van der Waals surface area (Å²) in [5.74, 6) is 1.96. The fourth-order valence-corrected chi connectivity index (χ4v) is 4.14. The number of para-hydroxylation sites is 1. The maximum Gasteiger partial charge on any atom is 0.134 e. The molecule has 3 aromatic rings. The SMILES string of the molecule is CCc1oc2ccccc2c1CNCC(c1ccc(OC)cc1)N1CCOCC1. The van der Waals surface area contributed by atoms with Crippen LogP contribution in [0.25, 0.3) is 11.0 Å². The van der Waals surface area contributed by atoms with E-state index in [4.69, 9.17) is 13.9 Å². The zero-order valence-electron chi connectivity index (χ0n) is 17.3. The van der Waals surface area contributed by atoms with Crippen molar-refractivity contribution in [2.24, 2.45) is 0 Å². The number of ether oxygens (including phenoxy) is 2. The third-order valence-corrected chi connectivity index (χ3v) is 5.73. The molecule has 2 aromatic carbocycles. The standard InChI is InChI=1S/C24H30N2O3/c1-3-23-21(20-6-4-5-7-24(20)29-23)16-25-17-22(26-12-14-28-15-13-26)18-8-10-19(27-2)11-9-18/h4-11,22,25H,3,12-17H2,1-2H3. The van der Waals surface area contributed by atoms with Gasteiger partial charge in [0.05, 0.1) is 20.3 Å². The van der Waals surface area contributed by atoms with E-state index in [1.807, 2.05) is 24.3 Å². The van der Waals surface area contributed by atoms with Gasteiger partial charge < -0.3 is 19.2 Å². The molecule has 5 nitrogen and oxygen atoms in total. The second-order valence-electron chi connectivity index (χ2n) is 7.42. The van der Waals surface area contributed by atoms with E-state index < -0.39 is 0 Å². The zero-order valence-corrected chi connectivity index (χ0v) is 17.3. The van der Waals surface area contributed by atoms with Crippen LogP contribution in [-0.4, -0.2) is 44.9 Å². The molecule has 1 aliphatic rings. The van der Waals surface area contributed by atoms with E-state index in [9.17, 15) is 0 Å². The van der Waals surface area contributed by atoms with Crippen LogP contribution in [0.3, 0.4) is 0 Å². The lowest BCUT2D eigenvalue weighted by Gasteiger charge is -2.35. The monoisotopic (exact) mass is 394 g/mol. The zero-order chi connectivity index (χ0) is 20.1. The quantitative estimate of drug-likeness (QED) is 0.621. The maximum absolute atomic E-state index is 6.05. The van der Waals surface area contributed by atoms with Crippen molar-refractivity contribution >= 4 is 11.0 Å². The third kappa shape index (κ3) is 4.47. The average molecular weight is 395 g/mol. The van der Waals surface area contributed by atoms with E-state index in [1.54, 1.807) is 7.11 Å². The molecule has 0 spiro atoms. The molecule has 5 heteroatoms. The van der Waals surface area contributed by atoms with Gasteiger partial charge in [-0.15, -0.1) is 0 Å². The van der Waals surface area contributed by atoms with Crippen LogP contribution in [0.2, 0.25) is 0 Å². The Bertz CT molecular complexity index is 914. The van der Waals surface area contributed by atoms with Crippen LogP contribution in [0.5, 0.6) is 5.75 Å². The highest BCUT2D eigenvalue weighted by Crippen LogP contribution is 2.27. The first-order valence-corrected chi connectivity index (χ1v) is 10.5. The Morgan fingerprint density at radius 1 is 1.07 bits per heavy atom. The van der Waals surface area contributed by atoms with E-state index in [2.05, 4.69) is 41.4 Å². The van der Waals surface area contributed by atoms with E-state index >= 15 is 0 Å². The summed E-state index contributed by atoms with van der Waals surface area (Å²) in [5.41, 5.74) is 3.55. The highest BCUT2D eigenvalue weighted by atomic mass is 16.5. The second-order valence-corrected chi connectivity index (χ2v) is 7.42. The van der Waals surface area contributed by atoms with Gasteiger partial charge >= 0.3 is 0 Å². The predicted molar refractivity (Wildman–Crippen MR) is 115 cm³/mol. The Balaban J connectivity index is 1.50. The molecule has 29 heavy (non-hydrogen) atoms. The number of nitrogens with one attached hydrogen (secondary N) is 1. The van der Waals surface area contributed by atoms with Gasteiger partial charge in [0.1, 0.15) is 17.1 Å². The maximum atomic E-state index is 6.05. The first-order valence-electron chi connectivity index (χ1n) is 10.5. The van der Waals surface area contributed by atoms with Crippen molar-refractivity contribution in [2.45, 2.75) is 25.9 Å². The molecule has 0 radical (unpaired) electrons. The molecule has 2 heterocycles. The predicted octanol–water partition coefficient (Wildman–Crippen LogP) is 4.17. The fourth-order valence-electron chi connectivity index (χ4n) is 4.14. The van der Waals surface area contributed by atoms with Gasteiger partial charge in [-0.1, -0.05) is 37.3 Å². The van der Waals surface area contributed by atoms with Crippen LogP contribution in [-0.2, 0) is 17.7 Å². The Hall–Kier alpha value is -2.34. The topological polar surface area (TPSA) is 46.9 Å². The van der Waals surface area contributed by atoms with Crippen LogP contribution in [0.4, 0.5) is 0 Å². The number of nitrogens with zero attached hydrogens (tertiary/aromatic N) is 1. The third-order valence-electron chi connectivity index (χ3n) is 5.73. The number of furan rings is 1. The molecule has 1 aliphatic heterocycles. The van der Waals surface area contributed by atoms with Crippen LogP contribution in [0, 0.1) is 0 Å². The Morgan fingerprint density at radius 2 is 1.83 bits per heavy atom. The molecule has 1 saturated heterocycles. The number of hydrogen-bond donors (Lipinski definition) is 1. The number of fused-ring (bicyclic) bond motifs is 1. The molecule has 154 valence electrons. The molecule has 0 bridgehead atoms.